The first-order valence-corrected chi connectivity index (χ1v) is 3.66. The Morgan fingerprint density at radius 2 is 2.36 bits per heavy atom. The van der Waals surface area contributed by atoms with Crippen molar-refractivity contribution in [3.05, 3.63) is 23.8 Å². The highest BCUT2D eigenvalue weighted by Crippen LogP contribution is 2.15. The van der Waals surface area contributed by atoms with Gasteiger partial charge in [-0.2, -0.15) is 0 Å². The van der Waals surface area contributed by atoms with Gasteiger partial charge in [0.15, 0.2) is 0 Å². The number of aliphatic hydroxyl groups excluding tert-OH is 2. The van der Waals surface area contributed by atoms with Crippen molar-refractivity contribution in [1.29, 1.82) is 0 Å². The van der Waals surface area contributed by atoms with Gasteiger partial charge in [-0.25, -0.2) is 0 Å². The fourth-order valence-corrected chi connectivity index (χ4v) is 1.07. The highest BCUT2D eigenvalue weighted by molar-refractivity contribution is 5.27. The van der Waals surface area contributed by atoms with Crippen LogP contribution < -0.4 is 5.73 Å². The molecule has 0 spiro atoms. The van der Waals surface area contributed by atoms with Crippen molar-refractivity contribution in [3.63, 3.8) is 0 Å². The SMILES string of the molecule is NC(C1=CC=CC1)C(O)CO. The molecule has 0 aromatic carbocycles. The molecule has 2 atom stereocenters. The Labute approximate surface area is 65.8 Å². The first kappa shape index (κ1) is 8.46. The minimum absolute atomic E-state index is 0.279. The van der Waals surface area contributed by atoms with E-state index in [0.29, 0.717) is 0 Å². The summed E-state index contributed by atoms with van der Waals surface area (Å²) in [6.07, 6.45) is 5.71. The van der Waals surface area contributed by atoms with Crippen molar-refractivity contribution >= 4 is 0 Å². The van der Waals surface area contributed by atoms with Gasteiger partial charge in [0.05, 0.1) is 18.8 Å². The molecule has 0 bridgehead atoms. The van der Waals surface area contributed by atoms with Crippen LogP contribution in [0.5, 0.6) is 0 Å². The van der Waals surface area contributed by atoms with Crippen molar-refractivity contribution in [2.45, 2.75) is 18.6 Å². The second kappa shape index (κ2) is 3.67. The van der Waals surface area contributed by atoms with Gasteiger partial charge in [0.2, 0.25) is 0 Å². The Morgan fingerprint density at radius 1 is 1.64 bits per heavy atom. The third-order valence-electron chi connectivity index (χ3n) is 1.83. The molecule has 4 N–H and O–H groups in total. The maximum atomic E-state index is 9.14. The summed E-state index contributed by atoms with van der Waals surface area (Å²) in [6, 6.07) is -0.421. The van der Waals surface area contributed by atoms with E-state index in [4.69, 9.17) is 15.9 Å². The van der Waals surface area contributed by atoms with Crippen LogP contribution >= 0.6 is 0 Å². The van der Waals surface area contributed by atoms with Gasteiger partial charge in [-0.3, -0.25) is 0 Å². The molecule has 11 heavy (non-hydrogen) atoms. The van der Waals surface area contributed by atoms with Crippen molar-refractivity contribution in [3.8, 4) is 0 Å². The second-order valence-electron chi connectivity index (χ2n) is 2.65. The van der Waals surface area contributed by atoms with Crippen LogP contribution in [0.15, 0.2) is 23.8 Å². The first-order chi connectivity index (χ1) is 5.25. The Kier molecular flexibility index (Phi) is 2.82. The van der Waals surface area contributed by atoms with E-state index < -0.39 is 12.1 Å². The summed E-state index contributed by atoms with van der Waals surface area (Å²) < 4.78 is 0. The van der Waals surface area contributed by atoms with E-state index in [1.54, 1.807) is 0 Å². The summed E-state index contributed by atoms with van der Waals surface area (Å²) in [4.78, 5) is 0. The van der Waals surface area contributed by atoms with Crippen LogP contribution in [0, 0.1) is 0 Å². The zero-order valence-electron chi connectivity index (χ0n) is 6.27. The molecule has 0 saturated heterocycles. The third-order valence-corrected chi connectivity index (χ3v) is 1.83. The molecule has 0 heterocycles. The molecule has 0 saturated carbocycles. The number of aliphatic hydroxyl groups is 2. The molecule has 0 aromatic heterocycles. The minimum Gasteiger partial charge on any atom is -0.394 e. The van der Waals surface area contributed by atoms with E-state index in [-0.39, 0.29) is 6.61 Å². The van der Waals surface area contributed by atoms with E-state index >= 15 is 0 Å². The van der Waals surface area contributed by atoms with Gasteiger partial charge in [0.1, 0.15) is 0 Å². The van der Waals surface area contributed by atoms with Crippen LogP contribution in [0.3, 0.4) is 0 Å². The lowest BCUT2D eigenvalue weighted by molar-refractivity contribution is 0.0825. The van der Waals surface area contributed by atoms with E-state index in [1.807, 2.05) is 18.2 Å². The molecule has 0 fully saturated rings. The fraction of sp³-hybridized carbons (Fsp3) is 0.500. The first-order valence-electron chi connectivity index (χ1n) is 3.66. The minimum atomic E-state index is -0.832. The van der Waals surface area contributed by atoms with E-state index in [2.05, 4.69) is 0 Å². The molecular formula is C8H13NO2. The summed E-state index contributed by atoms with van der Waals surface area (Å²) in [7, 11) is 0. The predicted octanol–water partition coefficient (Wildman–Crippen LogP) is -0.447. The van der Waals surface area contributed by atoms with Gasteiger partial charge < -0.3 is 15.9 Å². The van der Waals surface area contributed by atoms with Gasteiger partial charge in [-0.05, 0) is 12.0 Å². The van der Waals surface area contributed by atoms with Crippen molar-refractivity contribution in [2.24, 2.45) is 5.73 Å². The lowest BCUT2D eigenvalue weighted by Crippen LogP contribution is -2.38. The van der Waals surface area contributed by atoms with Gasteiger partial charge in [-0.1, -0.05) is 18.2 Å². The largest absolute Gasteiger partial charge is 0.394 e. The molecule has 0 aliphatic heterocycles. The van der Waals surface area contributed by atoms with E-state index in [0.717, 1.165) is 12.0 Å². The second-order valence-corrected chi connectivity index (χ2v) is 2.65. The zero-order chi connectivity index (χ0) is 8.27. The van der Waals surface area contributed by atoms with Gasteiger partial charge >= 0.3 is 0 Å². The summed E-state index contributed by atoms with van der Waals surface area (Å²) in [5.41, 5.74) is 6.59. The van der Waals surface area contributed by atoms with Crippen LogP contribution in [0.2, 0.25) is 0 Å². The van der Waals surface area contributed by atoms with Crippen LogP contribution in [0.1, 0.15) is 6.42 Å². The molecule has 0 amide bonds. The summed E-state index contributed by atoms with van der Waals surface area (Å²) in [6.45, 7) is -0.279. The van der Waals surface area contributed by atoms with Crippen molar-refractivity contribution in [1.82, 2.24) is 0 Å². The monoisotopic (exact) mass is 155 g/mol. The maximum absolute atomic E-state index is 9.14. The van der Waals surface area contributed by atoms with Crippen LogP contribution in [-0.2, 0) is 0 Å². The molecule has 2 unspecified atom stereocenters. The Hall–Kier alpha value is -0.640. The number of hydrogen-bond acceptors (Lipinski definition) is 3. The number of rotatable bonds is 3. The van der Waals surface area contributed by atoms with Crippen molar-refractivity contribution < 1.29 is 10.2 Å². The number of hydrogen-bond donors (Lipinski definition) is 3. The number of allylic oxidation sites excluding steroid dienone is 3. The molecule has 3 heteroatoms. The average Bonchev–Trinajstić information content (AvgIpc) is 2.53. The van der Waals surface area contributed by atoms with E-state index in [9.17, 15) is 0 Å². The molecule has 3 nitrogen and oxygen atoms in total. The van der Waals surface area contributed by atoms with Gasteiger partial charge in [-0.15, -0.1) is 0 Å². The topological polar surface area (TPSA) is 66.5 Å². The lowest BCUT2D eigenvalue weighted by Gasteiger charge is -2.17. The summed E-state index contributed by atoms with van der Waals surface area (Å²) in [5.74, 6) is 0. The number of nitrogens with two attached hydrogens (primary N) is 1. The lowest BCUT2D eigenvalue weighted by atomic mass is 10.0. The smallest absolute Gasteiger partial charge is 0.0959 e. The van der Waals surface area contributed by atoms with Gasteiger partial charge in [0, 0.05) is 0 Å². The summed E-state index contributed by atoms with van der Waals surface area (Å²) >= 11 is 0. The zero-order valence-corrected chi connectivity index (χ0v) is 6.27. The quantitative estimate of drug-likeness (QED) is 0.517. The third kappa shape index (κ3) is 1.89. The molecule has 1 aliphatic carbocycles. The maximum Gasteiger partial charge on any atom is 0.0959 e. The Bertz CT molecular complexity index is 187. The molecule has 1 rings (SSSR count). The molecule has 0 aromatic rings. The average molecular weight is 155 g/mol. The van der Waals surface area contributed by atoms with Gasteiger partial charge in [0.25, 0.3) is 0 Å². The fourth-order valence-electron chi connectivity index (χ4n) is 1.07. The van der Waals surface area contributed by atoms with Crippen LogP contribution in [0.4, 0.5) is 0 Å². The predicted molar refractivity (Wildman–Crippen MR) is 42.9 cm³/mol. The highest BCUT2D eigenvalue weighted by atomic mass is 16.3. The molecule has 1 aliphatic rings. The standard InChI is InChI=1S/C8H13NO2/c9-8(7(11)5-10)6-3-1-2-4-6/h1-3,7-8,10-11H,4-5,9H2. The molecule has 0 radical (unpaired) electrons. The van der Waals surface area contributed by atoms with Crippen LogP contribution in [0.25, 0.3) is 0 Å². The highest BCUT2D eigenvalue weighted by Gasteiger charge is 2.17. The Balaban J connectivity index is 2.47. The van der Waals surface area contributed by atoms with Crippen LogP contribution in [-0.4, -0.2) is 29.0 Å². The molecule has 62 valence electrons. The molecular weight excluding hydrogens is 142 g/mol. The van der Waals surface area contributed by atoms with E-state index in [1.165, 1.54) is 0 Å². The normalized spacial score (nSPS) is 21.5. The Morgan fingerprint density at radius 3 is 2.82 bits per heavy atom. The summed E-state index contributed by atoms with van der Waals surface area (Å²) in [5, 5.41) is 17.7. The van der Waals surface area contributed by atoms with Crippen molar-refractivity contribution in [2.75, 3.05) is 6.61 Å².